The first-order valence-corrected chi connectivity index (χ1v) is 6.90. The van der Waals surface area contributed by atoms with Crippen molar-refractivity contribution >= 4 is 39.4 Å². The number of hydrogen-bond acceptors (Lipinski definition) is 2. The van der Waals surface area contributed by atoms with E-state index in [1.807, 2.05) is 43.3 Å². The summed E-state index contributed by atoms with van der Waals surface area (Å²) in [7, 11) is 0. The first-order chi connectivity index (χ1) is 9.67. The molecule has 0 aliphatic heterocycles. The fourth-order valence-corrected chi connectivity index (χ4v) is 2.58. The number of hydrogen-bond donors (Lipinski definition) is 1. The van der Waals surface area contributed by atoms with Crippen molar-refractivity contribution < 1.29 is 9.53 Å². The minimum Gasteiger partial charge on any atom is -0.466 e. The van der Waals surface area contributed by atoms with E-state index in [1.54, 1.807) is 0 Å². The molecule has 20 heavy (non-hydrogen) atoms. The number of fused-ring (bicyclic) bond motifs is 3. The van der Waals surface area contributed by atoms with Gasteiger partial charge in [0.05, 0.1) is 13.0 Å². The Kier molecular flexibility index (Phi) is 3.36. The number of carbonyl (C=O) groups is 1. The molecule has 3 rings (SSSR count). The van der Waals surface area contributed by atoms with Gasteiger partial charge in [-0.1, -0.05) is 17.7 Å². The molecule has 3 aromatic rings. The molecule has 0 aliphatic carbocycles. The molecule has 102 valence electrons. The standard InChI is InChI=1S/C16H14ClNO2/c1-2-20-16(19)8-10-3-5-14-12(7-10)13-9-11(17)4-6-15(13)18-14/h3-7,9,18H,2,8H2,1H3. The van der Waals surface area contributed by atoms with Gasteiger partial charge in [-0.2, -0.15) is 0 Å². The highest BCUT2D eigenvalue weighted by molar-refractivity contribution is 6.31. The molecule has 3 nitrogen and oxygen atoms in total. The van der Waals surface area contributed by atoms with Gasteiger partial charge < -0.3 is 9.72 Å². The fraction of sp³-hybridized carbons (Fsp3) is 0.188. The lowest BCUT2D eigenvalue weighted by molar-refractivity contribution is -0.142. The minimum atomic E-state index is -0.204. The van der Waals surface area contributed by atoms with Gasteiger partial charge in [0.15, 0.2) is 0 Å². The predicted molar refractivity (Wildman–Crippen MR) is 81.2 cm³/mol. The van der Waals surface area contributed by atoms with Gasteiger partial charge in [-0.15, -0.1) is 0 Å². The Balaban J connectivity index is 2.07. The van der Waals surface area contributed by atoms with Crippen LogP contribution in [0.3, 0.4) is 0 Å². The third-order valence-corrected chi connectivity index (χ3v) is 3.51. The zero-order valence-corrected chi connectivity index (χ0v) is 11.8. The molecule has 0 amide bonds. The molecule has 0 unspecified atom stereocenters. The number of ether oxygens (including phenoxy) is 1. The molecule has 1 aromatic heterocycles. The van der Waals surface area contributed by atoms with E-state index >= 15 is 0 Å². The summed E-state index contributed by atoms with van der Waals surface area (Å²) in [5.74, 6) is -0.204. The Morgan fingerprint density at radius 1 is 1.15 bits per heavy atom. The van der Waals surface area contributed by atoms with E-state index < -0.39 is 0 Å². The summed E-state index contributed by atoms with van der Waals surface area (Å²) in [4.78, 5) is 14.9. The van der Waals surface area contributed by atoms with Crippen LogP contribution in [0.25, 0.3) is 21.8 Å². The first-order valence-electron chi connectivity index (χ1n) is 6.53. The molecule has 0 atom stereocenters. The Labute approximate surface area is 121 Å². The van der Waals surface area contributed by atoms with Crippen LogP contribution in [0, 0.1) is 0 Å². The Morgan fingerprint density at radius 2 is 1.85 bits per heavy atom. The molecule has 0 saturated carbocycles. The average Bonchev–Trinajstić information content (AvgIpc) is 2.76. The monoisotopic (exact) mass is 287 g/mol. The lowest BCUT2D eigenvalue weighted by atomic mass is 10.1. The van der Waals surface area contributed by atoms with Crippen molar-refractivity contribution in [1.82, 2.24) is 4.98 Å². The Morgan fingerprint density at radius 3 is 2.60 bits per heavy atom. The molecule has 2 aromatic carbocycles. The molecule has 0 saturated heterocycles. The number of aromatic amines is 1. The van der Waals surface area contributed by atoms with Crippen molar-refractivity contribution in [2.24, 2.45) is 0 Å². The van der Waals surface area contributed by atoms with Gasteiger partial charge in [0, 0.05) is 26.8 Å². The maximum absolute atomic E-state index is 11.6. The van der Waals surface area contributed by atoms with Crippen LogP contribution in [-0.2, 0) is 16.0 Å². The molecule has 0 bridgehead atoms. The lowest BCUT2D eigenvalue weighted by Crippen LogP contribution is -2.07. The third kappa shape index (κ3) is 2.37. The maximum Gasteiger partial charge on any atom is 0.310 e. The summed E-state index contributed by atoms with van der Waals surface area (Å²) in [5.41, 5.74) is 3.02. The second kappa shape index (κ2) is 5.17. The first kappa shape index (κ1) is 13.0. The van der Waals surface area contributed by atoms with Gasteiger partial charge in [-0.05, 0) is 42.8 Å². The minimum absolute atomic E-state index is 0.204. The fourth-order valence-electron chi connectivity index (χ4n) is 2.41. The number of H-pyrrole nitrogens is 1. The number of aromatic nitrogens is 1. The summed E-state index contributed by atoms with van der Waals surface area (Å²) in [5, 5.41) is 2.84. The SMILES string of the molecule is CCOC(=O)Cc1ccc2[nH]c3ccc(Cl)cc3c2c1. The third-order valence-electron chi connectivity index (χ3n) is 3.28. The van der Waals surface area contributed by atoms with Gasteiger partial charge >= 0.3 is 5.97 Å². The zero-order chi connectivity index (χ0) is 14.1. The summed E-state index contributed by atoms with van der Waals surface area (Å²) in [6.45, 7) is 2.21. The van der Waals surface area contributed by atoms with E-state index in [9.17, 15) is 4.79 Å². The van der Waals surface area contributed by atoms with Crippen LogP contribution < -0.4 is 0 Å². The summed E-state index contributed by atoms with van der Waals surface area (Å²) >= 11 is 6.05. The van der Waals surface area contributed by atoms with Crippen molar-refractivity contribution in [1.29, 1.82) is 0 Å². The number of benzene rings is 2. The van der Waals surface area contributed by atoms with Crippen LogP contribution in [0.2, 0.25) is 5.02 Å². The largest absolute Gasteiger partial charge is 0.466 e. The molecule has 0 aliphatic rings. The number of rotatable bonds is 3. The van der Waals surface area contributed by atoms with E-state index in [2.05, 4.69) is 4.98 Å². The smallest absolute Gasteiger partial charge is 0.310 e. The second-order valence-electron chi connectivity index (χ2n) is 4.68. The number of carbonyl (C=O) groups excluding carboxylic acids is 1. The van der Waals surface area contributed by atoms with Crippen molar-refractivity contribution in [2.75, 3.05) is 6.61 Å². The number of nitrogens with one attached hydrogen (secondary N) is 1. The van der Waals surface area contributed by atoms with Crippen molar-refractivity contribution in [3.05, 3.63) is 47.0 Å². The summed E-state index contributed by atoms with van der Waals surface area (Å²) in [6.07, 6.45) is 0.289. The lowest BCUT2D eigenvalue weighted by Gasteiger charge is -2.02. The van der Waals surface area contributed by atoms with Crippen LogP contribution in [0.4, 0.5) is 0 Å². The van der Waals surface area contributed by atoms with Gasteiger partial charge in [-0.3, -0.25) is 4.79 Å². The molecule has 4 heteroatoms. The van der Waals surface area contributed by atoms with Crippen LogP contribution in [0.5, 0.6) is 0 Å². The highest BCUT2D eigenvalue weighted by atomic mass is 35.5. The number of esters is 1. The van der Waals surface area contributed by atoms with Gasteiger partial charge in [0.1, 0.15) is 0 Å². The average molecular weight is 288 g/mol. The molecule has 1 heterocycles. The molecule has 0 spiro atoms. The Bertz CT molecular complexity index is 792. The van der Waals surface area contributed by atoms with Crippen molar-refractivity contribution in [3.8, 4) is 0 Å². The molecule has 0 fully saturated rings. The van der Waals surface area contributed by atoms with Crippen LogP contribution in [0.1, 0.15) is 12.5 Å². The normalized spacial score (nSPS) is 11.1. The maximum atomic E-state index is 11.6. The molecule has 1 N–H and O–H groups in total. The molecular weight excluding hydrogens is 274 g/mol. The summed E-state index contributed by atoms with van der Waals surface area (Å²) in [6, 6.07) is 11.7. The van der Waals surface area contributed by atoms with Crippen molar-refractivity contribution in [2.45, 2.75) is 13.3 Å². The van der Waals surface area contributed by atoms with E-state index in [0.29, 0.717) is 11.6 Å². The highest BCUT2D eigenvalue weighted by Gasteiger charge is 2.08. The zero-order valence-electron chi connectivity index (χ0n) is 11.1. The summed E-state index contributed by atoms with van der Waals surface area (Å²) < 4.78 is 4.98. The van der Waals surface area contributed by atoms with Crippen LogP contribution in [-0.4, -0.2) is 17.6 Å². The second-order valence-corrected chi connectivity index (χ2v) is 5.11. The number of halogens is 1. The Hall–Kier alpha value is -2.00. The van der Waals surface area contributed by atoms with E-state index in [-0.39, 0.29) is 12.4 Å². The van der Waals surface area contributed by atoms with Crippen LogP contribution >= 0.6 is 11.6 Å². The van der Waals surface area contributed by atoms with Crippen molar-refractivity contribution in [3.63, 3.8) is 0 Å². The van der Waals surface area contributed by atoms with E-state index in [0.717, 1.165) is 27.4 Å². The van der Waals surface area contributed by atoms with Gasteiger partial charge in [0.2, 0.25) is 0 Å². The topological polar surface area (TPSA) is 42.1 Å². The molecule has 0 radical (unpaired) electrons. The van der Waals surface area contributed by atoms with E-state index in [4.69, 9.17) is 16.3 Å². The predicted octanol–water partition coefficient (Wildman–Crippen LogP) is 4.08. The van der Waals surface area contributed by atoms with E-state index in [1.165, 1.54) is 0 Å². The highest BCUT2D eigenvalue weighted by Crippen LogP contribution is 2.28. The van der Waals surface area contributed by atoms with Gasteiger partial charge in [0.25, 0.3) is 0 Å². The van der Waals surface area contributed by atoms with Gasteiger partial charge in [-0.25, -0.2) is 0 Å². The molecular formula is C16H14ClNO2. The quantitative estimate of drug-likeness (QED) is 0.738. The van der Waals surface area contributed by atoms with Crippen LogP contribution in [0.15, 0.2) is 36.4 Å².